The van der Waals surface area contributed by atoms with E-state index in [1.165, 1.54) is 19.1 Å². The van der Waals surface area contributed by atoms with Gasteiger partial charge in [-0.3, -0.25) is 9.59 Å². The number of carboxylic acids is 1. The topological polar surface area (TPSA) is 76.1 Å². The first kappa shape index (κ1) is 17.3. The van der Waals surface area contributed by atoms with Crippen molar-refractivity contribution >= 4 is 27.8 Å². The SMILES string of the molecule is CCCN(CC(=O)O)C(=O)c1cc(OC)c(Br)c(OC)c1. The molecule has 0 bridgehead atoms. The van der Waals surface area contributed by atoms with E-state index in [1.807, 2.05) is 6.92 Å². The van der Waals surface area contributed by atoms with Crippen LogP contribution >= 0.6 is 15.9 Å². The molecule has 0 radical (unpaired) electrons. The Labute approximate surface area is 131 Å². The predicted octanol–water partition coefficient (Wildman–Crippen LogP) is 2.40. The summed E-state index contributed by atoms with van der Waals surface area (Å²) in [5, 5.41) is 8.90. The number of carboxylic acid groups (broad SMARTS) is 1. The van der Waals surface area contributed by atoms with E-state index in [9.17, 15) is 9.59 Å². The Morgan fingerprint density at radius 2 is 1.76 bits per heavy atom. The van der Waals surface area contributed by atoms with E-state index in [4.69, 9.17) is 14.6 Å². The summed E-state index contributed by atoms with van der Waals surface area (Å²) >= 11 is 3.32. The second-order valence-electron chi connectivity index (χ2n) is 4.32. The molecule has 0 atom stereocenters. The van der Waals surface area contributed by atoms with Crippen molar-refractivity contribution in [3.63, 3.8) is 0 Å². The predicted molar refractivity (Wildman–Crippen MR) is 81.1 cm³/mol. The van der Waals surface area contributed by atoms with Gasteiger partial charge in [0.1, 0.15) is 22.5 Å². The van der Waals surface area contributed by atoms with Crippen LogP contribution in [-0.4, -0.2) is 49.2 Å². The minimum atomic E-state index is -1.05. The fourth-order valence-electron chi connectivity index (χ4n) is 1.86. The van der Waals surface area contributed by atoms with Crippen LogP contribution in [-0.2, 0) is 4.79 Å². The number of methoxy groups -OCH3 is 2. The minimum absolute atomic E-state index is 0.321. The molecule has 1 amide bonds. The van der Waals surface area contributed by atoms with Crippen LogP contribution in [0.5, 0.6) is 11.5 Å². The molecular formula is C14H18BrNO5. The van der Waals surface area contributed by atoms with Crippen LogP contribution in [0.3, 0.4) is 0 Å². The number of carbonyl (C=O) groups excluding carboxylic acids is 1. The highest BCUT2D eigenvalue weighted by Gasteiger charge is 2.21. The van der Waals surface area contributed by atoms with Crippen molar-refractivity contribution in [3.05, 3.63) is 22.2 Å². The average Bonchev–Trinajstić information content (AvgIpc) is 2.46. The van der Waals surface area contributed by atoms with E-state index in [1.54, 1.807) is 12.1 Å². The zero-order valence-corrected chi connectivity index (χ0v) is 13.8. The number of nitrogens with zero attached hydrogens (tertiary/aromatic N) is 1. The maximum Gasteiger partial charge on any atom is 0.323 e. The number of ether oxygens (including phenoxy) is 2. The van der Waals surface area contributed by atoms with Crippen molar-refractivity contribution in [2.75, 3.05) is 27.3 Å². The zero-order valence-electron chi connectivity index (χ0n) is 12.2. The van der Waals surface area contributed by atoms with Gasteiger partial charge in [0.15, 0.2) is 0 Å². The highest BCUT2D eigenvalue weighted by molar-refractivity contribution is 9.10. The van der Waals surface area contributed by atoms with Gasteiger partial charge >= 0.3 is 5.97 Å². The van der Waals surface area contributed by atoms with E-state index in [-0.39, 0.29) is 12.5 Å². The second kappa shape index (κ2) is 7.87. The third kappa shape index (κ3) is 4.35. The van der Waals surface area contributed by atoms with Crippen molar-refractivity contribution in [3.8, 4) is 11.5 Å². The number of carbonyl (C=O) groups is 2. The van der Waals surface area contributed by atoms with Gasteiger partial charge in [-0.15, -0.1) is 0 Å². The molecule has 0 heterocycles. The van der Waals surface area contributed by atoms with Gasteiger partial charge in [0, 0.05) is 12.1 Å². The highest BCUT2D eigenvalue weighted by atomic mass is 79.9. The molecule has 0 aliphatic heterocycles. The number of benzene rings is 1. The molecule has 0 saturated carbocycles. The van der Waals surface area contributed by atoms with E-state index in [2.05, 4.69) is 15.9 Å². The Morgan fingerprint density at radius 3 is 2.14 bits per heavy atom. The number of hydrogen-bond acceptors (Lipinski definition) is 4. The van der Waals surface area contributed by atoms with Crippen LogP contribution in [0.4, 0.5) is 0 Å². The number of halogens is 1. The van der Waals surface area contributed by atoms with Crippen molar-refractivity contribution in [1.82, 2.24) is 4.90 Å². The van der Waals surface area contributed by atoms with Crippen LogP contribution in [0.25, 0.3) is 0 Å². The van der Waals surface area contributed by atoms with Gasteiger partial charge in [0.25, 0.3) is 5.91 Å². The lowest BCUT2D eigenvalue weighted by Gasteiger charge is -2.21. The van der Waals surface area contributed by atoms with Crippen molar-refractivity contribution in [2.45, 2.75) is 13.3 Å². The lowest BCUT2D eigenvalue weighted by molar-refractivity contribution is -0.137. The van der Waals surface area contributed by atoms with Crippen molar-refractivity contribution < 1.29 is 24.2 Å². The molecule has 1 N–H and O–H groups in total. The van der Waals surface area contributed by atoms with Crippen LogP contribution in [0, 0.1) is 0 Å². The lowest BCUT2D eigenvalue weighted by Crippen LogP contribution is -2.36. The summed E-state index contributed by atoms with van der Waals surface area (Å²) in [5.74, 6) is -0.523. The fraction of sp³-hybridized carbons (Fsp3) is 0.429. The summed E-state index contributed by atoms with van der Waals surface area (Å²) in [4.78, 5) is 24.6. The van der Waals surface area contributed by atoms with Crippen LogP contribution < -0.4 is 9.47 Å². The molecule has 0 unspecified atom stereocenters. The number of aliphatic carboxylic acids is 1. The first-order chi connectivity index (χ1) is 9.94. The quantitative estimate of drug-likeness (QED) is 0.808. The highest BCUT2D eigenvalue weighted by Crippen LogP contribution is 2.35. The molecule has 6 nitrogen and oxygen atoms in total. The van der Waals surface area contributed by atoms with Gasteiger partial charge in [0.2, 0.25) is 0 Å². The summed E-state index contributed by atoms with van der Waals surface area (Å²) in [6.45, 7) is 1.91. The third-order valence-corrected chi connectivity index (χ3v) is 3.58. The molecule has 21 heavy (non-hydrogen) atoms. The van der Waals surface area contributed by atoms with Gasteiger partial charge in [-0.05, 0) is 34.5 Å². The van der Waals surface area contributed by atoms with Gasteiger partial charge < -0.3 is 19.5 Å². The van der Waals surface area contributed by atoms with E-state index >= 15 is 0 Å². The van der Waals surface area contributed by atoms with Gasteiger partial charge in [-0.2, -0.15) is 0 Å². The van der Waals surface area contributed by atoms with Crippen LogP contribution in [0.1, 0.15) is 23.7 Å². The first-order valence-corrected chi connectivity index (χ1v) is 7.16. The average molecular weight is 360 g/mol. The number of amides is 1. The summed E-state index contributed by atoms with van der Waals surface area (Å²) in [5.41, 5.74) is 0.321. The maximum atomic E-state index is 12.5. The first-order valence-electron chi connectivity index (χ1n) is 6.37. The van der Waals surface area contributed by atoms with E-state index < -0.39 is 5.97 Å². The second-order valence-corrected chi connectivity index (χ2v) is 5.11. The molecule has 0 aromatic heterocycles. The summed E-state index contributed by atoms with van der Waals surface area (Å²) in [7, 11) is 2.96. The molecule has 0 spiro atoms. The summed E-state index contributed by atoms with van der Waals surface area (Å²) in [6.07, 6.45) is 0.670. The molecule has 0 aliphatic rings. The normalized spacial score (nSPS) is 10.1. The van der Waals surface area contributed by atoms with E-state index in [0.29, 0.717) is 34.5 Å². The molecular weight excluding hydrogens is 342 g/mol. The molecule has 1 aromatic rings. The van der Waals surface area contributed by atoms with Crippen molar-refractivity contribution in [1.29, 1.82) is 0 Å². The summed E-state index contributed by atoms with van der Waals surface area (Å²) < 4.78 is 11.0. The monoisotopic (exact) mass is 359 g/mol. The Balaban J connectivity index is 3.17. The number of hydrogen-bond donors (Lipinski definition) is 1. The zero-order chi connectivity index (χ0) is 16.0. The molecule has 1 aromatic carbocycles. The summed E-state index contributed by atoms with van der Waals surface area (Å²) in [6, 6.07) is 3.11. The Kier molecular flexibility index (Phi) is 6.48. The Morgan fingerprint density at radius 1 is 1.24 bits per heavy atom. The van der Waals surface area contributed by atoms with Gasteiger partial charge in [-0.25, -0.2) is 0 Å². The van der Waals surface area contributed by atoms with Crippen molar-refractivity contribution in [2.24, 2.45) is 0 Å². The largest absolute Gasteiger partial charge is 0.495 e. The maximum absolute atomic E-state index is 12.5. The molecule has 0 aliphatic carbocycles. The molecule has 0 saturated heterocycles. The third-order valence-electron chi connectivity index (χ3n) is 2.80. The smallest absolute Gasteiger partial charge is 0.323 e. The minimum Gasteiger partial charge on any atom is -0.495 e. The lowest BCUT2D eigenvalue weighted by atomic mass is 10.1. The standard InChI is InChI=1S/C14H18BrNO5/c1-4-5-16(8-12(17)18)14(19)9-6-10(20-2)13(15)11(7-9)21-3/h6-7H,4-5,8H2,1-3H3,(H,17,18). The van der Waals surface area contributed by atoms with E-state index in [0.717, 1.165) is 0 Å². The van der Waals surface area contributed by atoms with Crippen LogP contribution in [0.15, 0.2) is 16.6 Å². The van der Waals surface area contributed by atoms with Gasteiger partial charge in [0.05, 0.1) is 14.2 Å². The van der Waals surface area contributed by atoms with Crippen LogP contribution in [0.2, 0.25) is 0 Å². The number of rotatable bonds is 7. The molecule has 0 fully saturated rings. The molecule has 7 heteroatoms. The van der Waals surface area contributed by atoms with Gasteiger partial charge in [-0.1, -0.05) is 6.92 Å². The Bertz CT molecular complexity index is 507. The Hall–Kier alpha value is -1.76. The molecule has 116 valence electrons. The molecule has 1 rings (SSSR count). The fourth-order valence-corrected chi connectivity index (χ4v) is 2.41.